The standard InChI is InChI=1S/C23H32N2O2Si/c1-23(2)20-12-11-19(24-16-18-9-7-6-8-10-18)15-21(20)25(22(23)26)17-27-13-14-28(3,4)5/h6-12,15,24H,13-14,16-17H2,1-5H3. The molecule has 150 valence electrons. The molecule has 0 saturated heterocycles. The second-order valence-corrected chi connectivity index (χ2v) is 14.9. The number of hydrogen-bond acceptors (Lipinski definition) is 3. The van der Waals surface area contributed by atoms with Crippen molar-refractivity contribution in [3.8, 4) is 0 Å². The lowest BCUT2D eigenvalue weighted by molar-refractivity contribution is -0.123. The van der Waals surface area contributed by atoms with Crippen LogP contribution in [-0.2, 0) is 21.5 Å². The molecule has 1 N–H and O–H groups in total. The zero-order valence-electron chi connectivity index (χ0n) is 17.7. The van der Waals surface area contributed by atoms with E-state index in [4.69, 9.17) is 4.74 Å². The Labute approximate surface area is 169 Å². The highest BCUT2D eigenvalue weighted by Crippen LogP contribution is 2.42. The Balaban J connectivity index is 1.72. The summed E-state index contributed by atoms with van der Waals surface area (Å²) in [5.74, 6) is 0.107. The van der Waals surface area contributed by atoms with Crippen molar-refractivity contribution in [2.45, 2.75) is 51.5 Å². The lowest BCUT2D eigenvalue weighted by Crippen LogP contribution is -2.38. The summed E-state index contributed by atoms with van der Waals surface area (Å²) in [5, 5.41) is 3.47. The van der Waals surface area contributed by atoms with Crippen LogP contribution in [0.5, 0.6) is 0 Å². The van der Waals surface area contributed by atoms with Gasteiger partial charge in [0, 0.05) is 26.9 Å². The van der Waals surface area contributed by atoms with E-state index in [0.717, 1.165) is 29.5 Å². The van der Waals surface area contributed by atoms with Gasteiger partial charge < -0.3 is 10.1 Å². The highest BCUT2D eigenvalue weighted by molar-refractivity contribution is 6.76. The summed E-state index contributed by atoms with van der Waals surface area (Å²) in [6.45, 7) is 12.8. The van der Waals surface area contributed by atoms with Crippen molar-refractivity contribution in [1.29, 1.82) is 0 Å². The van der Waals surface area contributed by atoms with Gasteiger partial charge in [0.15, 0.2) is 0 Å². The number of rotatable bonds is 8. The van der Waals surface area contributed by atoms with Gasteiger partial charge >= 0.3 is 0 Å². The maximum atomic E-state index is 13.0. The maximum absolute atomic E-state index is 13.0. The van der Waals surface area contributed by atoms with Gasteiger partial charge in [0.05, 0.1) is 11.1 Å². The summed E-state index contributed by atoms with van der Waals surface area (Å²) >= 11 is 0. The van der Waals surface area contributed by atoms with Gasteiger partial charge in [-0.25, -0.2) is 0 Å². The van der Waals surface area contributed by atoms with Crippen molar-refractivity contribution in [3.05, 3.63) is 59.7 Å². The van der Waals surface area contributed by atoms with Crippen LogP contribution in [0, 0.1) is 0 Å². The number of nitrogens with one attached hydrogen (secondary N) is 1. The molecule has 0 fully saturated rings. The third-order valence-electron chi connectivity index (χ3n) is 5.30. The molecule has 5 heteroatoms. The Hall–Kier alpha value is -2.11. The minimum absolute atomic E-state index is 0.107. The summed E-state index contributed by atoms with van der Waals surface area (Å²) in [6.07, 6.45) is 0. The van der Waals surface area contributed by atoms with Crippen LogP contribution in [0.1, 0.15) is 25.0 Å². The SMILES string of the molecule is CC1(C)C(=O)N(COCC[Si](C)(C)C)c2cc(NCc3ccccc3)ccc21. The van der Waals surface area contributed by atoms with Crippen molar-refractivity contribution < 1.29 is 9.53 Å². The smallest absolute Gasteiger partial charge is 0.239 e. The van der Waals surface area contributed by atoms with Gasteiger partial charge in [0.1, 0.15) is 6.73 Å². The average molecular weight is 397 g/mol. The Morgan fingerprint density at radius 1 is 1.07 bits per heavy atom. The molecule has 1 aliphatic heterocycles. The van der Waals surface area contributed by atoms with Gasteiger partial charge in [-0.3, -0.25) is 9.69 Å². The first-order chi connectivity index (χ1) is 13.2. The second kappa shape index (κ2) is 8.09. The number of fused-ring (bicyclic) bond motifs is 1. The summed E-state index contributed by atoms with van der Waals surface area (Å²) in [4.78, 5) is 14.8. The Bertz CT molecular complexity index is 828. The van der Waals surface area contributed by atoms with Crippen LogP contribution < -0.4 is 10.2 Å². The quantitative estimate of drug-likeness (QED) is 0.490. The molecule has 0 saturated carbocycles. The minimum Gasteiger partial charge on any atom is -0.381 e. The first-order valence-corrected chi connectivity index (χ1v) is 13.7. The van der Waals surface area contributed by atoms with E-state index in [1.54, 1.807) is 4.90 Å². The third kappa shape index (κ3) is 4.65. The second-order valence-electron chi connectivity index (χ2n) is 9.28. The zero-order valence-corrected chi connectivity index (χ0v) is 18.7. The molecule has 0 radical (unpaired) electrons. The van der Waals surface area contributed by atoms with Crippen LogP contribution in [0.25, 0.3) is 0 Å². The number of nitrogens with zero attached hydrogens (tertiary/aromatic N) is 1. The molecule has 3 rings (SSSR count). The van der Waals surface area contributed by atoms with E-state index in [1.807, 2.05) is 32.0 Å². The molecule has 0 spiro atoms. The number of benzene rings is 2. The molecular formula is C23H32N2O2Si. The molecule has 0 aliphatic carbocycles. The predicted octanol–water partition coefficient (Wildman–Crippen LogP) is 5.24. The van der Waals surface area contributed by atoms with Gasteiger partial charge in [0.25, 0.3) is 0 Å². The van der Waals surface area contributed by atoms with Crippen LogP contribution in [0.2, 0.25) is 25.7 Å². The number of ether oxygens (including phenoxy) is 1. The first kappa shape index (κ1) is 20.6. The highest BCUT2D eigenvalue weighted by atomic mass is 28.3. The summed E-state index contributed by atoms with van der Waals surface area (Å²) in [6, 6.07) is 17.6. The molecular weight excluding hydrogens is 364 g/mol. The monoisotopic (exact) mass is 396 g/mol. The fourth-order valence-corrected chi connectivity index (χ4v) is 4.17. The number of hydrogen-bond donors (Lipinski definition) is 1. The van der Waals surface area contributed by atoms with Gasteiger partial charge in [-0.05, 0) is 43.2 Å². The minimum atomic E-state index is -1.14. The van der Waals surface area contributed by atoms with Gasteiger partial charge in [-0.15, -0.1) is 0 Å². The largest absolute Gasteiger partial charge is 0.381 e. The van der Waals surface area contributed by atoms with E-state index in [-0.39, 0.29) is 5.91 Å². The average Bonchev–Trinajstić information content (AvgIpc) is 2.83. The molecule has 2 aromatic rings. The Morgan fingerprint density at radius 3 is 2.46 bits per heavy atom. The Kier molecular flexibility index (Phi) is 5.96. The molecule has 28 heavy (non-hydrogen) atoms. The fourth-order valence-electron chi connectivity index (χ4n) is 3.42. The first-order valence-electron chi connectivity index (χ1n) is 10.0. The van der Waals surface area contributed by atoms with Crippen LogP contribution in [0.4, 0.5) is 11.4 Å². The Morgan fingerprint density at radius 2 is 1.79 bits per heavy atom. The van der Waals surface area contributed by atoms with Crippen molar-refractivity contribution in [3.63, 3.8) is 0 Å². The third-order valence-corrected chi connectivity index (χ3v) is 7.00. The molecule has 1 aliphatic rings. The number of anilines is 2. The molecule has 2 aromatic carbocycles. The van der Waals surface area contributed by atoms with Crippen molar-refractivity contribution >= 4 is 25.4 Å². The number of carbonyl (C=O) groups is 1. The van der Waals surface area contributed by atoms with Crippen LogP contribution in [0.15, 0.2) is 48.5 Å². The van der Waals surface area contributed by atoms with Crippen LogP contribution in [-0.4, -0.2) is 27.3 Å². The van der Waals surface area contributed by atoms with E-state index in [2.05, 4.69) is 55.3 Å². The lowest BCUT2D eigenvalue weighted by Gasteiger charge is -2.22. The lowest BCUT2D eigenvalue weighted by atomic mass is 9.86. The normalized spacial score (nSPS) is 15.6. The van der Waals surface area contributed by atoms with E-state index >= 15 is 0 Å². The highest BCUT2D eigenvalue weighted by Gasteiger charge is 2.43. The van der Waals surface area contributed by atoms with E-state index < -0.39 is 13.5 Å². The van der Waals surface area contributed by atoms with Gasteiger partial charge in [-0.2, -0.15) is 0 Å². The van der Waals surface area contributed by atoms with Crippen molar-refractivity contribution in [2.24, 2.45) is 0 Å². The summed E-state index contributed by atoms with van der Waals surface area (Å²) in [5.41, 5.74) is 3.75. The molecule has 0 aromatic heterocycles. The molecule has 1 amide bonds. The van der Waals surface area contributed by atoms with Gasteiger partial charge in [0.2, 0.25) is 5.91 Å². The number of amides is 1. The molecule has 4 nitrogen and oxygen atoms in total. The molecule has 0 unspecified atom stereocenters. The molecule has 0 bridgehead atoms. The van der Waals surface area contributed by atoms with Crippen LogP contribution in [0.3, 0.4) is 0 Å². The predicted molar refractivity (Wildman–Crippen MR) is 120 cm³/mol. The number of carbonyl (C=O) groups excluding carboxylic acids is 1. The molecule has 0 atom stereocenters. The zero-order chi connectivity index (χ0) is 20.4. The molecule has 1 heterocycles. The maximum Gasteiger partial charge on any atom is 0.239 e. The van der Waals surface area contributed by atoms with E-state index in [0.29, 0.717) is 13.3 Å². The van der Waals surface area contributed by atoms with Gasteiger partial charge in [-0.1, -0.05) is 56.0 Å². The topological polar surface area (TPSA) is 41.6 Å². The van der Waals surface area contributed by atoms with Crippen molar-refractivity contribution in [2.75, 3.05) is 23.6 Å². The van der Waals surface area contributed by atoms with Crippen LogP contribution >= 0.6 is 0 Å². The van der Waals surface area contributed by atoms with E-state index in [9.17, 15) is 4.79 Å². The summed E-state index contributed by atoms with van der Waals surface area (Å²) < 4.78 is 5.90. The van der Waals surface area contributed by atoms with E-state index in [1.165, 1.54) is 5.56 Å². The summed E-state index contributed by atoms with van der Waals surface area (Å²) in [7, 11) is -1.14. The fraction of sp³-hybridized carbons (Fsp3) is 0.435. The van der Waals surface area contributed by atoms with Crippen molar-refractivity contribution in [1.82, 2.24) is 0 Å².